The fourth-order valence-electron chi connectivity index (χ4n) is 2.57. The lowest BCUT2D eigenvalue weighted by Gasteiger charge is -2.20. The van der Waals surface area contributed by atoms with Crippen LogP contribution in [0.2, 0.25) is 0 Å². The molecular formula is C19H25N3O3S. The monoisotopic (exact) mass is 375 g/mol. The molecule has 1 aromatic heterocycles. The maximum atomic E-state index is 12.5. The highest BCUT2D eigenvalue weighted by Crippen LogP contribution is 2.16. The SMILES string of the molecule is CCOC(=O)c1sc(=NC(=O)c2ccc(N(CC)CC)cc2)n(C)c1C. The summed E-state index contributed by atoms with van der Waals surface area (Å²) in [4.78, 5) is 31.8. The minimum absolute atomic E-state index is 0.310. The highest BCUT2D eigenvalue weighted by Gasteiger charge is 2.17. The van der Waals surface area contributed by atoms with Gasteiger partial charge in [0.1, 0.15) is 4.88 Å². The summed E-state index contributed by atoms with van der Waals surface area (Å²) in [5.41, 5.74) is 2.33. The van der Waals surface area contributed by atoms with Crippen LogP contribution in [-0.2, 0) is 11.8 Å². The van der Waals surface area contributed by atoms with E-state index in [0.29, 0.717) is 21.8 Å². The van der Waals surface area contributed by atoms with Gasteiger partial charge >= 0.3 is 5.97 Å². The molecule has 2 rings (SSSR count). The maximum Gasteiger partial charge on any atom is 0.350 e. The van der Waals surface area contributed by atoms with E-state index in [1.165, 1.54) is 11.3 Å². The molecule has 0 saturated heterocycles. The summed E-state index contributed by atoms with van der Waals surface area (Å²) in [5, 5.41) is 0. The van der Waals surface area contributed by atoms with Gasteiger partial charge in [0.15, 0.2) is 4.80 Å². The lowest BCUT2D eigenvalue weighted by molar-refractivity contribution is 0.0530. The lowest BCUT2D eigenvalue weighted by Crippen LogP contribution is -2.21. The number of esters is 1. The van der Waals surface area contributed by atoms with Gasteiger partial charge in [0.05, 0.1) is 6.61 Å². The largest absolute Gasteiger partial charge is 0.462 e. The molecule has 1 aromatic carbocycles. The molecular weight excluding hydrogens is 350 g/mol. The number of thiazole rings is 1. The Bertz CT molecular complexity index is 846. The van der Waals surface area contributed by atoms with Crippen molar-refractivity contribution in [3.63, 3.8) is 0 Å². The lowest BCUT2D eigenvalue weighted by atomic mass is 10.2. The van der Waals surface area contributed by atoms with E-state index in [1.807, 2.05) is 19.1 Å². The molecule has 0 aliphatic carbocycles. The number of ether oxygens (including phenoxy) is 1. The number of rotatable bonds is 6. The van der Waals surface area contributed by atoms with E-state index < -0.39 is 0 Å². The van der Waals surface area contributed by atoms with Crippen molar-refractivity contribution in [1.29, 1.82) is 0 Å². The first-order valence-corrected chi connectivity index (χ1v) is 9.52. The van der Waals surface area contributed by atoms with Crippen molar-refractivity contribution in [2.45, 2.75) is 27.7 Å². The molecule has 0 saturated carbocycles. The Morgan fingerprint density at radius 2 is 1.77 bits per heavy atom. The van der Waals surface area contributed by atoms with Crippen molar-refractivity contribution < 1.29 is 14.3 Å². The van der Waals surface area contributed by atoms with Gasteiger partial charge in [0, 0.05) is 37.1 Å². The minimum atomic E-state index is -0.386. The highest BCUT2D eigenvalue weighted by molar-refractivity contribution is 7.11. The van der Waals surface area contributed by atoms with Crippen molar-refractivity contribution in [2.75, 3.05) is 24.6 Å². The van der Waals surface area contributed by atoms with Crippen LogP contribution in [0.3, 0.4) is 0 Å². The van der Waals surface area contributed by atoms with Crippen LogP contribution in [-0.4, -0.2) is 36.1 Å². The molecule has 1 amide bonds. The first-order chi connectivity index (χ1) is 12.4. The Labute approximate surface area is 157 Å². The molecule has 0 unspecified atom stereocenters. The van der Waals surface area contributed by atoms with Gasteiger partial charge in [-0.2, -0.15) is 4.99 Å². The van der Waals surface area contributed by atoms with Gasteiger partial charge in [-0.15, -0.1) is 0 Å². The third-order valence-electron chi connectivity index (χ3n) is 4.21. The van der Waals surface area contributed by atoms with E-state index in [1.54, 1.807) is 30.7 Å². The van der Waals surface area contributed by atoms with Crippen molar-refractivity contribution in [1.82, 2.24) is 4.57 Å². The van der Waals surface area contributed by atoms with Crippen LogP contribution in [0.1, 0.15) is 46.5 Å². The number of carbonyl (C=O) groups excluding carboxylic acids is 2. The molecule has 0 aliphatic heterocycles. The molecule has 0 aliphatic rings. The quantitative estimate of drug-likeness (QED) is 0.728. The Balaban J connectivity index is 2.31. The van der Waals surface area contributed by atoms with Crippen LogP contribution in [0.4, 0.5) is 5.69 Å². The molecule has 7 heteroatoms. The van der Waals surface area contributed by atoms with Gasteiger partial charge in [0.2, 0.25) is 0 Å². The number of hydrogen-bond acceptors (Lipinski definition) is 5. The Kier molecular flexibility index (Phi) is 6.74. The second-order valence-corrected chi connectivity index (χ2v) is 6.69. The zero-order chi connectivity index (χ0) is 19.3. The molecule has 0 radical (unpaired) electrons. The Morgan fingerprint density at radius 1 is 1.15 bits per heavy atom. The highest BCUT2D eigenvalue weighted by atomic mass is 32.1. The molecule has 0 N–H and O–H groups in total. The van der Waals surface area contributed by atoms with Crippen LogP contribution in [0.25, 0.3) is 0 Å². The summed E-state index contributed by atoms with van der Waals surface area (Å²) in [5.74, 6) is -0.716. The number of carbonyl (C=O) groups is 2. The molecule has 0 spiro atoms. The summed E-state index contributed by atoms with van der Waals surface area (Å²) in [6.45, 7) is 9.90. The fourth-order valence-corrected chi connectivity index (χ4v) is 3.58. The van der Waals surface area contributed by atoms with Gasteiger partial charge < -0.3 is 14.2 Å². The fraction of sp³-hybridized carbons (Fsp3) is 0.421. The third-order valence-corrected chi connectivity index (χ3v) is 5.43. The van der Waals surface area contributed by atoms with E-state index in [2.05, 4.69) is 23.7 Å². The second-order valence-electron chi connectivity index (χ2n) is 5.71. The molecule has 26 heavy (non-hydrogen) atoms. The number of aromatic nitrogens is 1. The molecule has 140 valence electrons. The Hall–Kier alpha value is -2.41. The molecule has 0 bridgehead atoms. The van der Waals surface area contributed by atoms with Crippen LogP contribution >= 0.6 is 11.3 Å². The van der Waals surface area contributed by atoms with E-state index in [-0.39, 0.29) is 11.9 Å². The van der Waals surface area contributed by atoms with E-state index >= 15 is 0 Å². The molecule has 6 nitrogen and oxygen atoms in total. The zero-order valence-corrected chi connectivity index (χ0v) is 16.7. The number of benzene rings is 1. The molecule has 0 atom stereocenters. The number of amides is 1. The predicted octanol–water partition coefficient (Wildman–Crippen LogP) is 3.16. The van der Waals surface area contributed by atoms with Crippen molar-refractivity contribution in [3.8, 4) is 0 Å². The van der Waals surface area contributed by atoms with Gasteiger partial charge in [0.25, 0.3) is 5.91 Å². The molecule has 1 heterocycles. The van der Waals surface area contributed by atoms with Crippen molar-refractivity contribution in [2.24, 2.45) is 12.0 Å². The standard InChI is InChI=1S/C19H25N3O3S/c1-6-22(7-2)15-11-9-14(10-12-15)17(23)20-19-21(5)13(4)16(26-19)18(24)25-8-3/h9-12H,6-8H2,1-5H3. The summed E-state index contributed by atoms with van der Waals surface area (Å²) in [6.07, 6.45) is 0. The first-order valence-electron chi connectivity index (χ1n) is 8.70. The van der Waals surface area contributed by atoms with Crippen molar-refractivity contribution in [3.05, 3.63) is 45.2 Å². The minimum Gasteiger partial charge on any atom is -0.462 e. The summed E-state index contributed by atoms with van der Waals surface area (Å²) < 4.78 is 6.79. The van der Waals surface area contributed by atoms with Gasteiger partial charge in [-0.1, -0.05) is 11.3 Å². The van der Waals surface area contributed by atoms with Crippen LogP contribution in [0.5, 0.6) is 0 Å². The smallest absolute Gasteiger partial charge is 0.350 e. The predicted molar refractivity (Wildman–Crippen MR) is 104 cm³/mol. The summed E-state index contributed by atoms with van der Waals surface area (Å²) in [7, 11) is 1.78. The van der Waals surface area contributed by atoms with Gasteiger partial charge in [-0.25, -0.2) is 4.79 Å². The third kappa shape index (κ3) is 4.22. The van der Waals surface area contributed by atoms with Crippen LogP contribution in [0.15, 0.2) is 29.3 Å². The van der Waals surface area contributed by atoms with Gasteiger partial charge in [-0.3, -0.25) is 4.79 Å². The summed E-state index contributed by atoms with van der Waals surface area (Å²) in [6, 6.07) is 7.43. The van der Waals surface area contributed by atoms with E-state index in [0.717, 1.165) is 24.5 Å². The zero-order valence-electron chi connectivity index (χ0n) is 15.9. The van der Waals surface area contributed by atoms with Gasteiger partial charge in [-0.05, 0) is 52.0 Å². The summed E-state index contributed by atoms with van der Waals surface area (Å²) >= 11 is 1.17. The Morgan fingerprint density at radius 3 is 2.31 bits per heavy atom. The number of nitrogens with zero attached hydrogens (tertiary/aromatic N) is 3. The first kappa shape index (κ1) is 19.9. The second kappa shape index (κ2) is 8.80. The normalized spacial score (nSPS) is 11.5. The van der Waals surface area contributed by atoms with E-state index in [9.17, 15) is 9.59 Å². The van der Waals surface area contributed by atoms with Crippen LogP contribution in [0, 0.1) is 6.92 Å². The average Bonchev–Trinajstić information content (AvgIpc) is 2.92. The number of hydrogen-bond donors (Lipinski definition) is 0. The number of anilines is 1. The maximum absolute atomic E-state index is 12.5. The van der Waals surface area contributed by atoms with Crippen LogP contribution < -0.4 is 9.70 Å². The van der Waals surface area contributed by atoms with Crippen molar-refractivity contribution >= 4 is 28.9 Å². The molecule has 0 fully saturated rings. The van der Waals surface area contributed by atoms with E-state index in [4.69, 9.17) is 4.74 Å². The average molecular weight is 375 g/mol. The molecule has 2 aromatic rings. The topological polar surface area (TPSA) is 63.9 Å².